The van der Waals surface area contributed by atoms with Crippen LogP contribution in [0.5, 0.6) is 0 Å². The van der Waals surface area contributed by atoms with E-state index < -0.39 is 12.1 Å². The summed E-state index contributed by atoms with van der Waals surface area (Å²) in [6.45, 7) is 0.500. The van der Waals surface area contributed by atoms with Crippen LogP contribution in [-0.2, 0) is 4.79 Å². The lowest BCUT2D eigenvalue weighted by Gasteiger charge is -1.86. The summed E-state index contributed by atoms with van der Waals surface area (Å²) in [7, 11) is 0. The van der Waals surface area contributed by atoms with Crippen molar-refractivity contribution in [1.82, 2.24) is 5.32 Å². The fourth-order valence-corrected chi connectivity index (χ4v) is 0.564. The lowest BCUT2D eigenvalue weighted by molar-refractivity contribution is -0.123. The molecule has 0 saturated carbocycles. The van der Waals surface area contributed by atoms with Crippen molar-refractivity contribution in [1.29, 1.82) is 0 Å². The van der Waals surface area contributed by atoms with E-state index in [1.165, 1.54) is 0 Å². The molecule has 1 fully saturated rings. The molecule has 1 N–H and O–H groups in total. The summed E-state index contributed by atoms with van der Waals surface area (Å²) >= 11 is 0. The molecule has 1 aliphatic rings. The molecule has 1 atom stereocenters. The van der Waals surface area contributed by atoms with Crippen molar-refractivity contribution in [3.05, 3.63) is 0 Å². The van der Waals surface area contributed by atoms with Crippen molar-refractivity contribution in [2.75, 3.05) is 6.54 Å². The second kappa shape index (κ2) is 1.48. The van der Waals surface area contributed by atoms with Gasteiger partial charge < -0.3 is 5.32 Å². The molecule has 1 heterocycles. The Morgan fingerprint density at radius 1 is 1.86 bits per heavy atom. The third-order valence-electron chi connectivity index (χ3n) is 0.982. The first-order chi connectivity index (χ1) is 3.30. The summed E-state index contributed by atoms with van der Waals surface area (Å²) in [5, 5.41) is 2.36. The Hall–Kier alpha value is -0.600. The van der Waals surface area contributed by atoms with E-state index in [0.717, 1.165) is 0 Å². The minimum atomic E-state index is -1.24. The molecule has 0 bridgehead atoms. The second-order valence-electron chi connectivity index (χ2n) is 1.55. The second-order valence-corrected chi connectivity index (χ2v) is 1.55. The predicted molar refractivity (Wildman–Crippen MR) is 22.5 cm³/mol. The van der Waals surface area contributed by atoms with Gasteiger partial charge in [-0.3, -0.25) is 4.79 Å². The predicted octanol–water partition coefficient (Wildman–Crippen LogP) is -0.156. The van der Waals surface area contributed by atoms with Crippen LogP contribution >= 0.6 is 0 Å². The number of rotatable bonds is 0. The average molecular weight is 103 g/mol. The van der Waals surface area contributed by atoms with E-state index >= 15 is 0 Å². The van der Waals surface area contributed by atoms with Gasteiger partial charge in [-0.2, -0.15) is 0 Å². The summed E-state index contributed by atoms with van der Waals surface area (Å²) < 4.78 is 11.9. The number of carbonyl (C=O) groups is 1. The summed E-state index contributed by atoms with van der Waals surface area (Å²) in [5.74, 6) is -0.458. The van der Waals surface area contributed by atoms with E-state index in [0.29, 0.717) is 13.0 Å². The molecule has 0 aromatic carbocycles. The van der Waals surface area contributed by atoms with Crippen LogP contribution in [0.4, 0.5) is 4.39 Å². The van der Waals surface area contributed by atoms with Gasteiger partial charge in [-0.05, 0) is 0 Å². The van der Waals surface area contributed by atoms with Crippen LogP contribution in [0.15, 0.2) is 0 Å². The Morgan fingerprint density at radius 3 is 2.71 bits per heavy atom. The number of hydrogen-bond acceptors (Lipinski definition) is 1. The molecule has 3 heteroatoms. The molecule has 0 aromatic heterocycles. The molecule has 0 aromatic rings. The van der Waals surface area contributed by atoms with Crippen LogP contribution in [0.2, 0.25) is 0 Å². The first kappa shape index (κ1) is 4.56. The lowest BCUT2D eigenvalue weighted by atomic mass is 10.3. The molecular weight excluding hydrogens is 97.0 g/mol. The molecule has 1 amide bonds. The van der Waals surface area contributed by atoms with Crippen LogP contribution in [0, 0.1) is 0 Å². The van der Waals surface area contributed by atoms with Crippen LogP contribution < -0.4 is 5.32 Å². The Balaban J connectivity index is 2.48. The zero-order valence-corrected chi connectivity index (χ0v) is 3.78. The molecule has 1 aliphatic heterocycles. The normalized spacial score (nSPS) is 30.4. The smallest absolute Gasteiger partial charge is 0.254 e. The SMILES string of the molecule is O=C1NCC[C@@H]1F. The van der Waals surface area contributed by atoms with Crippen molar-refractivity contribution < 1.29 is 9.18 Å². The van der Waals surface area contributed by atoms with E-state index in [-0.39, 0.29) is 0 Å². The largest absolute Gasteiger partial charge is 0.353 e. The summed E-state index contributed by atoms with van der Waals surface area (Å²) in [6, 6.07) is 0. The van der Waals surface area contributed by atoms with Gasteiger partial charge >= 0.3 is 0 Å². The van der Waals surface area contributed by atoms with E-state index in [1.807, 2.05) is 0 Å². The molecule has 1 saturated heterocycles. The minimum absolute atomic E-state index is 0.346. The molecule has 2 nitrogen and oxygen atoms in total. The maximum absolute atomic E-state index is 11.9. The highest BCUT2D eigenvalue weighted by atomic mass is 19.1. The van der Waals surface area contributed by atoms with Gasteiger partial charge in [0.05, 0.1) is 0 Å². The highest BCUT2D eigenvalue weighted by Gasteiger charge is 2.22. The van der Waals surface area contributed by atoms with Crippen molar-refractivity contribution in [2.45, 2.75) is 12.6 Å². The van der Waals surface area contributed by atoms with Crippen molar-refractivity contribution in [3.63, 3.8) is 0 Å². The van der Waals surface area contributed by atoms with Crippen LogP contribution in [-0.4, -0.2) is 18.6 Å². The molecule has 1 rings (SSSR count). The topological polar surface area (TPSA) is 29.1 Å². The Morgan fingerprint density at radius 2 is 2.57 bits per heavy atom. The highest BCUT2D eigenvalue weighted by Crippen LogP contribution is 2.01. The van der Waals surface area contributed by atoms with E-state index in [1.54, 1.807) is 0 Å². The number of hydrogen-bond donors (Lipinski definition) is 1. The van der Waals surface area contributed by atoms with Crippen LogP contribution in [0.3, 0.4) is 0 Å². The standard InChI is InChI=1S/C4H6FNO/c5-3-1-2-6-4(3)7/h3H,1-2H2,(H,6,7)/t3-/m0/s1. The van der Waals surface area contributed by atoms with Gasteiger partial charge in [0.15, 0.2) is 6.17 Å². The third kappa shape index (κ3) is 0.706. The van der Waals surface area contributed by atoms with Crippen molar-refractivity contribution in [3.8, 4) is 0 Å². The molecule has 0 unspecified atom stereocenters. The zero-order chi connectivity index (χ0) is 5.28. The average Bonchev–Trinajstić information content (AvgIpc) is 1.91. The fourth-order valence-electron chi connectivity index (χ4n) is 0.564. The van der Waals surface area contributed by atoms with E-state index in [9.17, 15) is 9.18 Å². The van der Waals surface area contributed by atoms with Crippen molar-refractivity contribution in [2.24, 2.45) is 0 Å². The molecule has 0 spiro atoms. The zero-order valence-electron chi connectivity index (χ0n) is 3.78. The van der Waals surface area contributed by atoms with E-state index in [2.05, 4.69) is 5.32 Å². The molecule has 7 heavy (non-hydrogen) atoms. The number of alkyl halides is 1. The van der Waals surface area contributed by atoms with E-state index in [4.69, 9.17) is 0 Å². The van der Waals surface area contributed by atoms with Gasteiger partial charge in [-0.1, -0.05) is 0 Å². The Bertz CT molecular complexity index is 93.7. The van der Waals surface area contributed by atoms with Gasteiger partial charge in [0.2, 0.25) is 0 Å². The maximum atomic E-state index is 11.9. The van der Waals surface area contributed by atoms with Crippen LogP contribution in [0.1, 0.15) is 6.42 Å². The summed E-state index contributed by atoms with van der Waals surface area (Å²) in [5.41, 5.74) is 0. The first-order valence-corrected chi connectivity index (χ1v) is 2.22. The molecule has 0 aliphatic carbocycles. The number of amides is 1. The van der Waals surface area contributed by atoms with Gasteiger partial charge in [-0.15, -0.1) is 0 Å². The lowest BCUT2D eigenvalue weighted by Crippen LogP contribution is -2.19. The summed E-state index contributed by atoms with van der Waals surface area (Å²) in [4.78, 5) is 10.1. The van der Waals surface area contributed by atoms with Gasteiger partial charge in [-0.25, -0.2) is 4.39 Å². The fraction of sp³-hybridized carbons (Fsp3) is 0.750. The molecule has 0 radical (unpaired) electrons. The van der Waals surface area contributed by atoms with Crippen LogP contribution in [0.25, 0.3) is 0 Å². The quantitative estimate of drug-likeness (QED) is 0.453. The van der Waals surface area contributed by atoms with Gasteiger partial charge in [0.25, 0.3) is 5.91 Å². The highest BCUT2D eigenvalue weighted by molar-refractivity contribution is 5.82. The minimum Gasteiger partial charge on any atom is -0.353 e. The van der Waals surface area contributed by atoms with Crippen molar-refractivity contribution >= 4 is 5.91 Å². The Kier molecular flexibility index (Phi) is 0.964. The maximum Gasteiger partial charge on any atom is 0.254 e. The van der Waals surface area contributed by atoms with Gasteiger partial charge in [0.1, 0.15) is 0 Å². The monoisotopic (exact) mass is 103 g/mol. The molecular formula is C4H6FNO. The number of carbonyl (C=O) groups excluding carboxylic acids is 1. The summed E-state index contributed by atoms with van der Waals surface area (Å²) in [6.07, 6.45) is -0.890. The third-order valence-corrected chi connectivity index (χ3v) is 0.982. The number of nitrogens with one attached hydrogen (secondary N) is 1. The first-order valence-electron chi connectivity index (χ1n) is 2.22. The Labute approximate surface area is 40.7 Å². The van der Waals surface area contributed by atoms with Gasteiger partial charge in [0, 0.05) is 13.0 Å². The number of halogens is 1. The molecule has 40 valence electrons.